The molecule has 0 spiro atoms. The summed E-state index contributed by atoms with van der Waals surface area (Å²) in [5, 5.41) is 22.0. The molecule has 1 aromatic rings. The van der Waals surface area contributed by atoms with Crippen molar-refractivity contribution in [2.24, 2.45) is 0 Å². The SMILES string of the molecule is CCCCCNC(O)(C(=O)O)C(=C=O)COCc1ccccc1. The first-order valence-electron chi connectivity index (χ1n) is 7.61. The van der Waals surface area contributed by atoms with Crippen molar-refractivity contribution in [3.8, 4) is 0 Å². The van der Waals surface area contributed by atoms with Crippen LogP contribution >= 0.6 is 0 Å². The van der Waals surface area contributed by atoms with Crippen LogP contribution in [0.2, 0.25) is 0 Å². The van der Waals surface area contributed by atoms with Gasteiger partial charge in [-0.2, -0.15) is 0 Å². The van der Waals surface area contributed by atoms with Crippen LogP contribution in [0.25, 0.3) is 0 Å². The highest BCUT2D eigenvalue weighted by Gasteiger charge is 2.41. The maximum absolute atomic E-state index is 11.4. The number of unbranched alkanes of at least 4 members (excludes halogenated alkanes) is 2. The summed E-state index contributed by atoms with van der Waals surface area (Å²) in [5.74, 6) is -0.0462. The monoisotopic (exact) mass is 321 g/mol. The van der Waals surface area contributed by atoms with Gasteiger partial charge < -0.3 is 14.9 Å². The molecule has 0 radical (unpaired) electrons. The van der Waals surface area contributed by atoms with Gasteiger partial charge in [0.2, 0.25) is 0 Å². The van der Waals surface area contributed by atoms with Crippen molar-refractivity contribution in [3.63, 3.8) is 0 Å². The van der Waals surface area contributed by atoms with Crippen molar-refractivity contribution in [2.45, 2.75) is 38.5 Å². The maximum Gasteiger partial charge on any atom is 0.356 e. The fraction of sp³-hybridized carbons (Fsp3) is 0.471. The molecule has 0 saturated carbocycles. The third-order valence-electron chi connectivity index (χ3n) is 3.39. The minimum Gasteiger partial charge on any atom is -0.478 e. The number of carboxylic acids is 1. The topological polar surface area (TPSA) is 95.9 Å². The number of aliphatic carboxylic acids is 1. The number of hydrogen-bond donors (Lipinski definition) is 3. The zero-order valence-corrected chi connectivity index (χ0v) is 13.2. The number of carbonyl (C=O) groups excluding carboxylic acids is 1. The molecule has 6 nitrogen and oxygen atoms in total. The maximum atomic E-state index is 11.4. The molecular formula is C17H23NO5. The number of ether oxygens (including phenoxy) is 1. The van der Waals surface area contributed by atoms with Crippen molar-refractivity contribution < 1.29 is 24.5 Å². The summed E-state index contributed by atoms with van der Waals surface area (Å²) in [6.45, 7) is 2.18. The molecule has 1 rings (SSSR count). The Bertz CT molecular complexity index is 539. The number of hydrogen-bond acceptors (Lipinski definition) is 5. The minimum absolute atomic E-state index is 0.206. The molecule has 0 aromatic heterocycles. The predicted octanol–water partition coefficient (Wildman–Crippen LogP) is 1.51. The van der Waals surface area contributed by atoms with Gasteiger partial charge in [0.25, 0.3) is 5.72 Å². The molecular weight excluding hydrogens is 298 g/mol. The molecule has 0 amide bonds. The van der Waals surface area contributed by atoms with Crippen molar-refractivity contribution in [2.75, 3.05) is 13.2 Å². The Morgan fingerprint density at radius 1 is 1.30 bits per heavy atom. The molecule has 0 fully saturated rings. The van der Waals surface area contributed by atoms with E-state index in [0.29, 0.717) is 6.42 Å². The molecule has 3 N–H and O–H groups in total. The molecule has 0 aliphatic rings. The Balaban J connectivity index is 2.63. The molecule has 0 saturated heterocycles. The fourth-order valence-corrected chi connectivity index (χ4v) is 2.01. The van der Waals surface area contributed by atoms with E-state index in [1.165, 1.54) is 5.94 Å². The largest absolute Gasteiger partial charge is 0.478 e. The van der Waals surface area contributed by atoms with Crippen LogP contribution in [-0.2, 0) is 20.9 Å². The van der Waals surface area contributed by atoms with E-state index in [1.807, 2.05) is 37.3 Å². The van der Waals surface area contributed by atoms with Gasteiger partial charge in [0.05, 0.1) is 18.8 Å². The first kappa shape index (κ1) is 19.1. The zero-order chi connectivity index (χ0) is 17.1. The van der Waals surface area contributed by atoms with Crippen LogP contribution in [0.1, 0.15) is 31.7 Å². The molecule has 126 valence electrons. The highest BCUT2D eigenvalue weighted by Crippen LogP contribution is 2.14. The molecule has 1 unspecified atom stereocenters. The normalized spacial score (nSPS) is 13.1. The lowest BCUT2D eigenvalue weighted by molar-refractivity contribution is -0.158. The van der Waals surface area contributed by atoms with Crippen molar-refractivity contribution in [3.05, 3.63) is 41.5 Å². The van der Waals surface area contributed by atoms with E-state index < -0.39 is 11.7 Å². The van der Waals surface area contributed by atoms with E-state index in [9.17, 15) is 19.8 Å². The third kappa shape index (κ3) is 5.96. The Morgan fingerprint density at radius 3 is 2.57 bits per heavy atom. The molecule has 1 atom stereocenters. The van der Waals surface area contributed by atoms with Gasteiger partial charge in [-0.05, 0) is 18.5 Å². The van der Waals surface area contributed by atoms with Gasteiger partial charge in [-0.15, -0.1) is 0 Å². The number of carbonyl (C=O) groups is 1. The molecule has 23 heavy (non-hydrogen) atoms. The van der Waals surface area contributed by atoms with E-state index in [-0.39, 0.29) is 25.3 Å². The van der Waals surface area contributed by atoms with Crippen LogP contribution < -0.4 is 5.32 Å². The number of carboxylic acid groups (broad SMARTS) is 1. The van der Waals surface area contributed by atoms with Crippen LogP contribution in [0, 0.1) is 0 Å². The smallest absolute Gasteiger partial charge is 0.356 e. The van der Waals surface area contributed by atoms with Gasteiger partial charge >= 0.3 is 5.97 Å². The van der Waals surface area contributed by atoms with Crippen molar-refractivity contribution in [1.29, 1.82) is 0 Å². The Kier molecular flexibility index (Phi) is 8.22. The molecule has 0 aliphatic carbocycles. The molecule has 0 aliphatic heterocycles. The van der Waals surface area contributed by atoms with Gasteiger partial charge in [0, 0.05) is 0 Å². The van der Waals surface area contributed by atoms with Gasteiger partial charge in [-0.1, -0.05) is 50.1 Å². The molecule has 0 heterocycles. The van der Waals surface area contributed by atoms with E-state index in [1.54, 1.807) is 0 Å². The van der Waals surface area contributed by atoms with Crippen LogP contribution in [0.4, 0.5) is 0 Å². The zero-order valence-electron chi connectivity index (χ0n) is 13.2. The molecule has 1 aromatic carbocycles. The average Bonchev–Trinajstić information content (AvgIpc) is 2.56. The van der Waals surface area contributed by atoms with Gasteiger partial charge in [0.1, 0.15) is 5.94 Å². The van der Waals surface area contributed by atoms with Crippen LogP contribution in [-0.4, -0.2) is 41.0 Å². The Morgan fingerprint density at radius 2 is 2.00 bits per heavy atom. The highest BCUT2D eigenvalue weighted by atomic mass is 16.5. The van der Waals surface area contributed by atoms with Crippen LogP contribution in [0.5, 0.6) is 0 Å². The fourth-order valence-electron chi connectivity index (χ4n) is 2.01. The summed E-state index contributed by atoms with van der Waals surface area (Å²) in [4.78, 5) is 22.4. The second-order valence-electron chi connectivity index (χ2n) is 5.21. The van der Waals surface area contributed by atoms with E-state index in [4.69, 9.17) is 4.74 Å². The minimum atomic E-state index is -2.45. The lowest BCUT2D eigenvalue weighted by Gasteiger charge is -2.25. The molecule has 0 bridgehead atoms. The molecule has 6 heteroatoms. The summed E-state index contributed by atoms with van der Waals surface area (Å²) in [6.07, 6.45) is 2.56. The lowest BCUT2D eigenvalue weighted by Crippen LogP contribution is -2.55. The van der Waals surface area contributed by atoms with Crippen molar-refractivity contribution >= 4 is 11.9 Å². The van der Waals surface area contributed by atoms with E-state index in [0.717, 1.165) is 18.4 Å². The van der Waals surface area contributed by atoms with Gasteiger partial charge in [-0.25, -0.2) is 9.59 Å². The average molecular weight is 321 g/mol. The standard InChI is InChI=1S/C17H23NO5/c1-2-3-7-10-18-17(22,16(20)21)15(11-19)13-23-12-14-8-5-4-6-9-14/h4-6,8-9,18,22H,2-3,7,10,12-13H2,1H3,(H,20,21). The second-order valence-corrected chi connectivity index (χ2v) is 5.21. The number of nitrogens with one attached hydrogen (secondary N) is 1. The summed E-state index contributed by atoms with van der Waals surface area (Å²) >= 11 is 0. The van der Waals surface area contributed by atoms with Crippen molar-refractivity contribution in [1.82, 2.24) is 5.32 Å². The number of benzene rings is 1. The predicted molar refractivity (Wildman–Crippen MR) is 85.4 cm³/mol. The Hall–Kier alpha value is -1.98. The summed E-state index contributed by atoms with van der Waals surface area (Å²) in [6, 6.07) is 9.24. The number of rotatable bonds is 11. The quantitative estimate of drug-likeness (QED) is 0.325. The lowest BCUT2D eigenvalue weighted by atomic mass is 10.0. The van der Waals surface area contributed by atoms with Gasteiger partial charge in [-0.3, -0.25) is 5.32 Å². The first-order chi connectivity index (χ1) is 11.0. The van der Waals surface area contributed by atoms with Crippen LogP contribution in [0.15, 0.2) is 35.9 Å². The second kappa shape index (κ2) is 9.92. The highest BCUT2D eigenvalue weighted by molar-refractivity contribution is 5.84. The summed E-state index contributed by atoms with van der Waals surface area (Å²) in [5.41, 5.74) is -1.95. The first-order valence-corrected chi connectivity index (χ1v) is 7.61. The summed E-state index contributed by atoms with van der Waals surface area (Å²) < 4.78 is 5.33. The Labute approximate surface area is 135 Å². The third-order valence-corrected chi connectivity index (χ3v) is 3.39. The van der Waals surface area contributed by atoms with E-state index >= 15 is 0 Å². The summed E-state index contributed by atoms with van der Waals surface area (Å²) in [7, 11) is 0. The van der Waals surface area contributed by atoms with Gasteiger partial charge in [0.15, 0.2) is 0 Å². The van der Waals surface area contributed by atoms with Crippen LogP contribution in [0.3, 0.4) is 0 Å². The number of aliphatic hydroxyl groups is 1. The van der Waals surface area contributed by atoms with E-state index in [2.05, 4.69) is 5.32 Å².